The van der Waals surface area contributed by atoms with Crippen LogP contribution in [0.5, 0.6) is 0 Å². The molecule has 12 heavy (non-hydrogen) atoms. The molecule has 68 valence electrons. The molecule has 1 N–H and O–H groups in total. The maximum Gasteiger partial charge on any atom is 0.246 e. The summed E-state index contributed by atoms with van der Waals surface area (Å²) in [5, 5.41) is 2.40. The van der Waals surface area contributed by atoms with Crippen LogP contribution in [0.1, 0.15) is 6.42 Å². The average Bonchev–Trinajstić information content (AvgIpc) is 2.02. The van der Waals surface area contributed by atoms with Gasteiger partial charge in [-0.15, -0.1) is 0 Å². The molecule has 0 spiro atoms. The summed E-state index contributed by atoms with van der Waals surface area (Å²) >= 11 is 0. The van der Waals surface area contributed by atoms with Crippen LogP contribution in [0.15, 0.2) is 12.2 Å². The summed E-state index contributed by atoms with van der Waals surface area (Å²) in [6.45, 7) is 3.49. The number of carbonyl (C=O) groups is 2. The molecule has 0 aliphatic carbocycles. The fourth-order valence-corrected chi connectivity index (χ4v) is 0.598. The molecule has 4 nitrogen and oxygen atoms in total. The van der Waals surface area contributed by atoms with Gasteiger partial charge < -0.3 is 10.2 Å². The van der Waals surface area contributed by atoms with Crippen molar-refractivity contribution in [3.63, 3.8) is 0 Å². The van der Waals surface area contributed by atoms with Gasteiger partial charge in [-0.3, -0.25) is 9.59 Å². The minimum absolute atomic E-state index is 0.0761. The number of carbonyl (C=O) groups excluding carboxylic acids is 2. The third-order valence-electron chi connectivity index (χ3n) is 1.41. The Morgan fingerprint density at radius 2 is 1.92 bits per heavy atom. The molecular formula is C8H14N2O2. The molecule has 0 aromatic rings. The molecule has 0 saturated heterocycles. The van der Waals surface area contributed by atoms with E-state index in [0.29, 0.717) is 0 Å². The molecule has 0 radical (unpaired) electrons. The van der Waals surface area contributed by atoms with E-state index in [4.69, 9.17) is 0 Å². The Labute approximate surface area is 72.2 Å². The van der Waals surface area contributed by atoms with Gasteiger partial charge >= 0.3 is 0 Å². The van der Waals surface area contributed by atoms with Crippen molar-refractivity contribution in [2.24, 2.45) is 0 Å². The second-order valence-electron chi connectivity index (χ2n) is 2.65. The van der Waals surface area contributed by atoms with Gasteiger partial charge in [0.2, 0.25) is 11.8 Å². The van der Waals surface area contributed by atoms with E-state index < -0.39 is 0 Å². The van der Waals surface area contributed by atoms with Gasteiger partial charge in [0.15, 0.2) is 0 Å². The van der Waals surface area contributed by atoms with E-state index in [1.165, 1.54) is 11.9 Å². The lowest BCUT2D eigenvalue weighted by molar-refractivity contribution is -0.129. The minimum atomic E-state index is -0.287. The number of rotatable bonds is 3. The van der Waals surface area contributed by atoms with Gasteiger partial charge in [-0.2, -0.15) is 0 Å². The molecule has 4 heteroatoms. The van der Waals surface area contributed by atoms with Crippen molar-refractivity contribution in [2.45, 2.75) is 6.42 Å². The quantitative estimate of drug-likeness (QED) is 0.595. The Hall–Kier alpha value is -1.32. The maximum absolute atomic E-state index is 11.1. The van der Waals surface area contributed by atoms with Gasteiger partial charge in [-0.05, 0) is 0 Å². The van der Waals surface area contributed by atoms with E-state index in [-0.39, 0.29) is 23.8 Å². The predicted octanol–water partition coefficient (Wildman–Crippen LogP) is -0.233. The molecule has 0 fully saturated rings. The van der Waals surface area contributed by atoms with Crippen molar-refractivity contribution in [1.82, 2.24) is 10.2 Å². The standard InChI is InChI=1S/C8H14N2O2/c1-6(8(12)9-2)5-7(11)10(3)4/h1,5H2,2-4H3,(H,9,12). The van der Waals surface area contributed by atoms with E-state index in [9.17, 15) is 9.59 Å². The Kier molecular flexibility index (Phi) is 4.04. The molecule has 0 bridgehead atoms. The molecule has 0 heterocycles. The molecular weight excluding hydrogens is 156 g/mol. The molecule has 2 amide bonds. The minimum Gasteiger partial charge on any atom is -0.355 e. The second kappa shape index (κ2) is 4.54. The fraction of sp³-hybridized carbons (Fsp3) is 0.500. The molecule has 0 aromatic carbocycles. The van der Waals surface area contributed by atoms with E-state index in [1.807, 2.05) is 0 Å². The van der Waals surface area contributed by atoms with Crippen molar-refractivity contribution < 1.29 is 9.59 Å². The van der Waals surface area contributed by atoms with Crippen LogP contribution < -0.4 is 5.32 Å². The first-order chi connectivity index (χ1) is 5.49. The fourth-order valence-electron chi connectivity index (χ4n) is 0.598. The molecule has 0 aromatic heterocycles. The molecule has 0 rings (SSSR count). The summed E-state index contributed by atoms with van der Waals surface area (Å²) in [5.74, 6) is -0.409. The number of nitrogens with one attached hydrogen (secondary N) is 1. The summed E-state index contributed by atoms with van der Waals surface area (Å²) in [6.07, 6.45) is 0.0761. The van der Waals surface area contributed by atoms with Crippen molar-refractivity contribution in [3.8, 4) is 0 Å². The van der Waals surface area contributed by atoms with Crippen LogP contribution in [0.25, 0.3) is 0 Å². The second-order valence-corrected chi connectivity index (χ2v) is 2.65. The number of hydrogen-bond acceptors (Lipinski definition) is 2. The van der Waals surface area contributed by atoms with Crippen LogP contribution in [0.4, 0.5) is 0 Å². The van der Waals surface area contributed by atoms with Crippen molar-refractivity contribution in [1.29, 1.82) is 0 Å². The maximum atomic E-state index is 11.1. The number of likely N-dealkylation sites (N-methyl/N-ethyl adjacent to an activating group) is 1. The van der Waals surface area contributed by atoms with Crippen molar-refractivity contribution >= 4 is 11.8 Å². The lowest BCUT2D eigenvalue weighted by Crippen LogP contribution is -2.26. The van der Waals surface area contributed by atoms with Crippen molar-refractivity contribution in [2.75, 3.05) is 21.1 Å². The molecule has 0 aliphatic heterocycles. The number of nitrogens with zero attached hydrogens (tertiary/aromatic N) is 1. The largest absolute Gasteiger partial charge is 0.355 e. The van der Waals surface area contributed by atoms with E-state index in [2.05, 4.69) is 11.9 Å². The smallest absolute Gasteiger partial charge is 0.246 e. The van der Waals surface area contributed by atoms with E-state index in [1.54, 1.807) is 14.1 Å². The first-order valence-electron chi connectivity index (χ1n) is 3.59. The highest BCUT2D eigenvalue weighted by Crippen LogP contribution is 1.99. The zero-order chi connectivity index (χ0) is 9.72. The summed E-state index contributed by atoms with van der Waals surface area (Å²) in [5.41, 5.74) is 0.288. The predicted molar refractivity (Wildman–Crippen MR) is 46.5 cm³/mol. The van der Waals surface area contributed by atoms with Gasteiger partial charge in [-0.25, -0.2) is 0 Å². The Bertz CT molecular complexity index is 209. The normalized spacial score (nSPS) is 8.92. The van der Waals surface area contributed by atoms with Crippen molar-refractivity contribution in [3.05, 3.63) is 12.2 Å². The Morgan fingerprint density at radius 3 is 2.25 bits per heavy atom. The topological polar surface area (TPSA) is 49.4 Å². The zero-order valence-electron chi connectivity index (χ0n) is 7.68. The molecule has 0 atom stereocenters. The molecule has 0 unspecified atom stereocenters. The number of amides is 2. The van der Waals surface area contributed by atoms with E-state index in [0.717, 1.165) is 0 Å². The van der Waals surface area contributed by atoms with Gasteiger partial charge in [0, 0.05) is 26.7 Å². The van der Waals surface area contributed by atoms with E-state index >= 15 is 0 Å². The lowest BCUT2D eigenvalue weighted by Gasteiger charge is -2.10. The highest BCUT2D eigenvalue weighted by molar-refractivity contribution is 5.97. The first-order valence-corrected chi connectivity index (χ1v) is 3.59. The average molecular weight is 170 g/mol. The summed E-state index contributed by atoms with van der Waals surface area (Å²) in [7, 11) is 4.78. The third-order valence-corrected chi connectivity index (χ3v) is 1.41. The Balaban J connectivity index is 4.02. The first kappa shape index (κ1) is 10.7. The van der Waals surface area contributed by atoms with Gasteiger partial charge in [-0.1, -0.05) is 6.58 Å². The molecule has 0 aliphatic rings. The lowest BCUT2D eigenvalue weighted by atomic mass is 10.2. The van der Waals surface area contributed by atoms with Crippen LogP contribution in [0, 0.1) is 0 Å². The number of hydrogen-bond donors (Lipinski definition) is 1. The van der Waals surface area contributed by atoms with Crippen LogP contribution in [-0.4, -0.2) is 37.9 Å². The molecule has 0 saturated carbocycles. The monoisotopic (exact) mass is 170 g/mol. The van der Waals surface area contributed by atoms with Crippen LogP contribution in [0.3, 0.4) is 0 Å². The highest BCUT2D eigenvalue weighted by atomic mass is 16.2. The third kappa shape index (κ3) is 3.18. The summed E-state index contributed by atoms with van der Waals surface area (Å²) < 4.78 is 0. The SMILES string of the molecule is C=C(CC(=O)N(C)C)C(=O)NC. The Morgan fingerprint density at radius 1 is 1.42 bits per heavy atom. The van der Waals surface area contributed by atoms with Crippen LogP contribution >= 0.6 is 0 Å². The summed E-state index contributed by atoms with van der Waals surface area (Å²) in [6, 6.07) is 0. The van der Waals surface area contributed by atoms with Crippen LogP contribution in [-0.2, 0) is 9.59 Å². The van der Waals surface area contributed by atoms with Crippen LogP contribution in [0.2, 0.25) is 0 Å². The van der Waals surface area contributed by atoms with Gasteiger partial charge in [0.05, 0.1) is 6.42 Å². The van der Waals surface area contributed by atoms with Gasteiger partial charge in [0.25, 0.3) is 0 Å². The zero-order valence-corrected chi connectivity index (χ0v) is 7.68. The summed E-state index contributed by atoms with van der Waals surface area (Å²) in [4.78, 5) is 23.4. The van der Waals surface area contributed by atoms with Gasteiger partial charge in [0.1, 0.15) is 0 Å². The highest BCUT2D eigenvalue weighted by Gasteiger charge is 2.10.